The molecule has 0 bridgehead atoms. The van der Waals surface area contributed by atoms with E-state index in [1.54, 1.807) is 43.3 Å². The fraction of sp³-hybridized carbons (Fsp3) is 0.0625. The summed E-state index contributed by atoms with van der Waals surface area (Å²) in [6.45, 7) is 1.67. The first-order chi connectivity index (χ1) is 10.6. The van der Waals surface area contributed by atoms with Gasteiger partial charge in [-0.3, -0.25) is 4.79 Å². The Hall–Kier alpha value is -3.02. The number of carbonyl (C=O) groups is 1. The molecule has 0 fully saturated rings. The number of halogens is 1. The van der Waals surface area contributed by atoms with E-state index in [4.69, 9.17) is 0 Å². The van der Waals surface area contributed by atoms with Gasteiger partial charge in [0.1, 0.15) is 5.82 Å². The van der Waals surface area contributed by atoms with Crippen LogP contribution in [0.2, 0.25) is 0 Å². The Balaban J connectivity index is 1.91. The van der Waals surface area contributed by atoms with Gasteiger partial charge in [0.25, 0.3) is 5.91 Å². The summed E-state index contributed by atoms with van der Waals surface area (Å²) in [6.07, 6.45) is 3.06. The summed E-state index contributed by atoms with van der Waals surface area (Å²) < 4.78 is 13.6. The molecule has 6 heteroatoms. The van der Waals surface area contributed by atoms with Gasteiger partial charge < -0.3 is 5.32 Å². The lowest BCUT2D eigenvalue weighted by Gasteiger charge is -2.10. The number of rotatable bonds is 3. The molecule has 1 N–H and O–H groups in total. The topological polar surface area (TPSA) is 59.8 Å². The maximum atomic E-state index is 13.6. The second kappa shape index (κ2) is 5.77. The van der Waals surface area contributed by atoms with Crippen molar-refractivity contribution >= 4 is 11.6 Å². The minimum absolute atomic E-state index is 0.351. The third-order valence-electron chi connectivity index (χ3n) is 3.21. The number of aromatic nitrogens is 3. The maximum absolute atomic E-state index is 13.6. The summed E-state index contributed by atoms with van der Waals surface area (Å²) >= 11 is 0. The van der Waals surface area contributed by atoms with Crippen molar-refractivity contribution in [2.45, 2.75) is 6.92 Å². The van der Waals surface area contributed by atoms with Crippen molar-refractivity contribution in [2.75, 3.05) is 5.32 Å². The van der Waals surface area contributed by atoms with Gasteiger partial charge in [0.15, 0.2) is 0 Å². The van der Waals surface area contributed by atoms with E-state index in [0.717, 1.165) is 0 Å². The average Bonchev–Trinajstić information content (AvgIpc) is 3.05. The summed E-state index contributed by atoms with van der Waals surface area (Å²) in [5.41, 5.74) is 1.88. The molecular formula is C16H13FN4O. The first-order valence-electron chi connectivity index (χ1n) is 6.68. The number of carbonyl (C=O) groups excluding carboxylic acids is 1. The number of nitrogens with one attached hydrogen (secondary N) is 1. The van der Waals surface area contributed by atoms with Gasteiger partial charge >= 0.3 is 0 Å². The Bertz CT molecular complexity index is 815. The zero-order valence-electron chi connectivity index (χ0n) is 11.8. The molecule has 1 amide bonds. The lowest BCUT2D eigenvalue weighted by atomic mass is 10.1. The Morgan fingerprint density at radius 1 is 1.14 bits per heavy atom. The maximum Gasteiger partial charge on any atom is 0.257 e. The van der Waals surface area contributed by atoms with E-state index in [-0.39, 0.29) is 11.7 Å². The first kappa shape index (κ1) is 13.9. The average molecular weight is 296 g/mol. The molecule has 2 aromatic carbocycles. The molecule has 1 aromatic heterocycles. The molecule has 0 aliphatic carbocycles. The van der Waals surface area contributed by atoms with Crippen LogP contribution in [0.15, 0.2) is 54.9 Å². The molecule has 0 saturated heterocycles. The molecule has 0 atom stereocenters. The molecule has 0 unspecified atom stereocenters. The van der Waals surface area contributed by atoms with Crippen LogP contribution in [0.3, 0.4) is 0 Å². The highest BCUT2D eigenvalue weighted by molar-refractivity contribution is 6.06. The van der Waals surface area contributed by atoms with Crippen LogP contribution in [0.25, 0.3) is 5.69 Å². The van der Waals surface area contributed by atoms with Crippen molar-refractivity contribution in [3.05, 3.63) is 71.8 Å². The van der Waals surface area contributed by atoms with E-state index in [1.165, 1.54) is 23.3 Å². The lowest BCUT2D eigenvalue weighted by Crippen LogP contribution is -2.16. The molecule has 3 aromatic rings. The SMILES string of the molecule is Cc1ccc(NC(=O)c2ccccc2-n2nccn2)cc1F. The highest BCUT2D eigenvalue weighted by atomic mass is 19.1. The van der Waals surface area contributed by atoms with Crippen molar-refractivity contribution in [1.29, 1.82) is 0 Å². The molecular weight excluding hydrogens is 283 g/mol. The van der Waals surface area contributed by atoms with Crippen molar-refractivity contribution < 1.29 is 9.18 Å². The number of para-hydroxylation sites is 1. The lowest BCUT2D eigenvalue weighted by molar-refractivity contribution is 0.102. The first-order valence-corrected chi connectivity index (χ1v) is 6.68. The van der Waals surface area contributed by atoms with Crippen molar-refractivity contribution in [3.63, 3.8) is 0 Å². The Labute approximate surface area is 126 Å². The van der Waals surface area contributed by atoms with Crippen molar-refractivity contribution in [3.8, 4) is 5.69 Å². The predicted molar refractivity (Wildman–Crippen MR) is 80.4 cm³/mol. The van der Waals surface area contributed by atoms with Gasteiger partial charge in [0, 0.05) is 5.69 Å². The fourth-order valence-corrected chi connectivity index (χ4v) is 2.05. The van der Waals surface area contributed by atoms with Crippen LogP contribution in [0.1, 0.15) is 15.9 Å². The summed E-state index contributed by atoms with van der Waals surface area (Å²) in [5, 5.41) is 10.7. The number of hydrogen-bond donors (Lipinski definition) is 1. The molecule has 5 nitrogen and oxygen atoms in total. The monoisotopic (exact) mass is 296 g/mol. The second-order valence-corrected chi connectivity index (χ2v) is 4.75. The van der Waals surface area contributed by atoms with E-state index in [2.05, 4.69) is 15.5 Å². The minimum Gasteiger partial charge on any atom is -0.322 e. The van der Waals surface area contributed by atoms with Crippen molar-refractivity contribution in [1.82, 2.24) is 15.0 Å². The van der Waals surface area contributed by atoms with E-state index < -0.39 is 0 Å². The smallest absolute Gasteiger partial charge is 0.257 e. The number of aryl methyl sites for hydroxylation is 1. The Morgan fingerprint density at radius 2 is 1.86 bits per heavy atom. The standard InChI is InChI=1S/C16H13FN4O/c1-11-6-7-12(10-14(11)17)20-16(22)13-4-2-3-5-15(13)21-18-8-9-19-21/h2-10H,1H3,(H,20,22). The minimum atomic E-state index is -0.361. The second-order valence-electron chi connectivity index (χ2n) is 4.75. The van der Waals surface area contributed by atoms with Crippen LogP contribution in [0.5, 0.6) is 0 Å². The van der Waals surface area contributed by atoms with E-state index in [0.29, 0.717) is 22.5 Å². The molecule has 0 aliphatic heterocycles. The van der Waals surface area contributed by atoms with Gasteiger partial charge in [-0.15, -0.1) is 0 Å². The van der Waals surface area contributed by atoms with Gasteiger partial charge in [-0.05, 0) is 36.8 Å². The van der Waals surface area contributed by atoms with Gasteiger partial charge in [-0.2, -0.15) is 15.0 Å². The van der Waals surface area contributed by atoms with Crippen LogP contribution in [0.4, 0.5) is 10.1 Å². The third-order valence-corrected chi connectivity index (χ3v) is 3.21. The summed E-state index contributed by atoms with van der Waals surface area (Å²) in [6, 6.07) is 11.5. The molecule has 110 valence electrons. The zero-order chi connectivity index (χ0) is 15.5. The fourth-order valence-electron chi connectivity index (χ4n) is 2.05. The molecule has 0 saturated carbocycles. The number of nitrogens with zero attached hydrogens (tertiary/aromatic N) is 3. The van der Waals surface area contributed by atoms with E-state index in [9.17, 15) is 9.18 Å². The Morgan fingerprint density at radius 3 is 2.59 bits per heavy atom. The van der Waals surface area contributed by atoms with Crippen LogP contribution in [0, 0.1) is 12.7 Å². The molecule has 1 heterocycles. The summed E-state index contributed by atoms with van der Waals surface area (Å²) in [4.78, 5) is 13.8. The van der Waals surface area contributed by atoms with Gasteiger partial charge in [0.05, 0.1) is 23.6 Å². The molecule has 0 spiro atoms. The van der Waals surface area contributed by atoms with E-state index >= 15 is 0 Å². The van der Waals surface area contributed by atoms with Crippen LogP contribution >= 0.6 is 0 Å². The zero-order valence-corrected chi connectivity index (χ0v) is 11.8. The number of benzene rings is 2. The summed E-state index contributed by atoms with van der Waals surface area (Å²) in [5.74, 6) is -0.712. The largest absolute Gasteiger partial charge is 0.322 e. The van der Waals surface area contributed by atoms with Crippen LogP contribution in [-0.4, -0.2) is 20.9 Å². The van der Waals surface area contributed by atoms with Crippen LogP contribution in [-0.2, 0) is 0 Å². The molecule has 3 rings (SSSR count). The highest BCUT2D eigenvalue weighted by Crippen LogP contribution is 2.17. The van der Waals surface area contributed by atoms with Crippen LogP contribution < -0.4 is 5.32 Å². The molecule has 22 heavy (non-hydrogen) atoms. The predicted octanol–water partition coefficient (Wildman–Crippen LogP) is 2.97. The quantitative estimate of drug-likeness (QED) is 0.808. The van der Waals surface area contributed by atoms with Gasteiger partial charge in [-0.1, -0.05) is 18.2 Å². The number of hydrogen-bond acceptors (Lipinski definition) is 3. The number of amides is 1. The van der Waals surface area contributed by atoms with E-state index in [1.807, 2.05) is 0 Å². The number of anilines is 1. The van der Waals surface area contributed by atoms with Crippen molar-refractivity contribution in [2.24, 2.45) is 0 Å². The normalized spacial score (nSPS) is 10.5. The summed E-state index contributed by atoms with van der Waals surface area (Å²) in [7, 11) is 0. The third kappa shape index (κ3) is 2.71. The molecule has 0 radical (unpaired) electrons. The van der Waals surface area contributed by atoms with Gasteiger partial charge in [-0.25, -0.2) is 4.39 Å². The Kier molecular flexibility index (Phi) is 3.65. The van der Waals surface area contributed by atoms with Gasteiger partial charge in [0.2, 0.25) is 0 Å². The highest BCUT2D eigenvalue weighted by Gasteiger charge is 2.14. The molecule has 0 aliphatic rings.